The highest BCUT2D eigenvalue weighted by molar-refractivity contribution is 5.75. The van der Waals surface area contributed by atoms with Crippen molar-refractivity contribution in [2.45, 2.75) is 37.1 Å². The van der Waals surface area contributed by atoms with E-state index in [4.69, 9.17) is 5.11 Å². The lowest BCUT2D eigenvalue weighted by Crippen LogP contribution is -2.45. The minimum atomic E-state index is -0.241. The van der Waals surface area contributed by atoms with Gasteiger partial charge in [0, 0.05) is 24.5 Å². The number of aliphatic hydroxyl groups excluding tert-OH is 1. The minimum absolute atomic E-state index is 0.0254. The van der Waals surface area contributed by atoms with Gasteiger partial charge in [-0.1, -0.05) is 18.2 Å². The third-order valence-electron chi connectivity index (χ3n) is 4.47. The van der Waals surface area contributed by atoms with Crippen LogP contribution in [-0.2, 0) is 5.41 Å². The molecule has 2 fully saturated rings. The van der Waals surface area contributed by atoms with Crippen LogP contribution in [0, 0.1) is 5.82 Å². The molecule has 2 N–H and O–H groups in total. The number of aliphatic hydroxyl groups is 1. The third-order valence-corrected chi connectivity index (χ3v) is 4.47. The molecule has 0 atom stereocenters. The molecule has 2 saturated carbocycles. The van der Waals surface area contributed by atoms with Crippen molar-refractivity contribution in [2.75, 3.05) is 19.7 Å². The first kappa shape index (κ1) is 14.3. The average Bonchev–Trinajstić information content (AvgIpc) is 3.37. The number of nitrogens with zero attached hydrogens (tertiary/aromatic N) is 1. The van der Waals surface area contributed by atoms with E-state index in [-0.39, 0.29) is 29.9 Å². The maximum atomic E-state index is 13.9. The zero-order valence-corrected chi connectivity index (χ0v) is 12.0. The Labute approximate surface area is 124 Å². The van der Waals surface area contributed by atoms with Crippen molar-refractivity contribution in [2.24, 2.45) is 0 Å². The van der Waals surface area contributed by atoms with E-state index in [2.05, 4.69) is 5.32 Å². The molecule has 21 heavy (non-hydrogen) atoms. The predicted octanol–water partition coefficient (Wildman–Crippen LogP) is 2.02. The molecule has 0 heterocycles. The van der Waals surface area contributed by atoms with E-state index in [0.29, 0.717) is 18.7 Å². The maximum Gasteiger partial charge on any atom is 0.317 e. The van der Waals surface area contributed by atoms with Crippen LogP contribution in [0.1, 0.15) is 31.2 Å². The number of carbonyl (C=O) groups is 1. The summed E-state index contributed by atoms with van der Waals surface area (Å²) >= 11 is 0. The molecule has 0 aromatic heterocycles. The fourth-order valence-electron chi connectivity index (χ4n) is 2.87. The van der Waals surface area contributed by atoms with Gasteiger partial charge in [-0.25, -0.2) is 9.18 Å². The van der Waals surface area contributed by atoms with E-state index in [1.54, 1.807) is 17.0 Å². The number of benzene rings is 1. The van der Waals surface area contributed by atoms with Crippen molar-refractivity contribution in [1.82, 2.24) is 10.2 Å². The Balaban J connectivity index is 1.62. The van der Waals surface area contributed by atoms with Gasteiger partial charge in [0.25, 0.3) is 0 Å². The largest absolute Gasteiger partial charge is 0.395 e. The Bertz CT molecular complexity index is 527. The Morgan fingerprint density at radius 2 is 2.10 bits per heavy atom. The summed E-state index contributed by atoms with van der Waals surface area (Å²) in [6.45, 7) is 0.799. The lowest BCUT2D eigenvalue weighted by Gasteiger charge is -2.24. The molecule has 4 nitrogen and oxygen atoms in total. The highest BCUT2D eigenvalue weighted by atomic mass is 19.1. The molecule has 2 amide bonds. The summed E-state index contributed by atoms with van der Waals surface area (Å²) in [7, 11) is 0. The van der Waals surface area contributed by atoms with Crippen LogP contribution in [0.5, 0.6) is 0 Å². The average molecular weight is 292 g/mol. The Kier molecular flexibility index (Phi) is 3.85. The summed E-state index contributed by atoms with van der Waals surface area (Å²) in [6, 6.07) is 6.92. The van der Waals surface area contributed by atoms with Gasteiger partial charge < -0.3 is 15.3 Å². The highest BCUT2D eigenvalue weighted by Crippen LogP contribution is 2.48. The van der Waals surface area contributed by atoms with Crippen LogP contribution in [0.25, 0.3) is 0 Å². The Morgan fingerprint density at radius 3 is 2.67 bits per heavy atom. The van der Waals surface area contributed by atoms with E-state index in [1.165, 1.54) is 6.07 Å². The van der Waals surface area contributed by atoms with E-state index in [9.17, 15) is 9.18 Å². The molecular weight excluding hydrogens is 271 g/mol. The smallest absolute Gasteiger partial charge is 0.317 e. The second kappa shape index (κ2) is 5.64. The van der Waals surface area contributed by atoms with Crippen LogP contribution in [-0.4, -0.2) is 41.8 Å². The molecule has 0 unspecified atom stereocenters. The number of hydrogen-bond donors (Lipinski definition) is 2. The van der Waals surface area contributed by atoms with Crippen molar-refractivity contribution in [3.05, 3.63) is 35.6 Å². The summed E-state index contributed by atoms with van der Waals surface area (Å²) in [6.07, 6.45) is 3.81. The molecule has 0 radical (unpaired) electrons. The number of nitrogens with one attached hydrogen (secondary N) is 1. The molecule has 1 aromatic carbocycles. The van der Waals surface area contributed by atoms with Gasteiger partial charge in [0.05, 0.1) is 6.61 Å². The maximum absolute atomic E-state index is 13.9. The van der Waals surface area contributed by atoms with Gasteiger partial charge in [0.1, 0.15) is 5.82 Å². The second-order valence-electron chi connectivity index (χ2n) is 6.07. The molecule has 5 heteroatoms. The van der Waals surface area contributed by atoms with Gasteiger partial charge in [-0.05, 0) is 37.3 Å². The van der Waals surface area contributed by atoms with Gasteiger partial charge in [-0.15, -0.1) is 0 Å². The van der Waals surface area contributed by atoms with Crippen molar-refractivity contribution in [3.8, 4) is 0 Å². The van der Waals surface area contributed by atoms with Gasteiger partial charge in [0.15, 0.2) is 0 Å². The summed E-state index contributed by atoms with van der Waals surface area (Å²) in [5.41, 5.74) is 0.459. The molecule has 1 aromatic rings. The summed E-state index contributed by atoms with van der Waals surface area (Å²) in [5, 5.41) is 12.0. The number of halogens is 1. The molecule has 3 rings (SSSR count). The van der Waals surface area contributed by atoms with Crippen LogP contribution in [0.4, 0.5) is 9.18 Å². The van der Waals surface area contributed by atoms with E-state index >= 15 is 0 Å². The number of hydrogen-bond acceptors (Lipinski definition) is 2. The van der Waals surface area contributed by atoms with Crippen molar-refractivity contribution in [1.29, 1.82) is 0 Å². The first-order chi connectivity index (χ1) is 10.2. The lowest BCUT2D eigenvalue weighted by molar-refractivity contribution is 0.173. The summed E-state index contributed by atoms with van der Waals surface area (Å²) in [4.78, 5) is 13.9. The van der Waals surface area contributed by atoms with Crippen LogP contribution in [0.15, 0.2) is 24.3 Å². The third kappa shape index (κ3) is 3.02. The second-order valence-corrected chi connectivity index (χ2v) is 6.07. The van der Waals surface area contributed by atoms with E-state index in [1.807, 2.05) is 6.07 Å². The van der Waals surface area contributed by atoms with Gasteiger partial charge in [-0.3, -0.25) is 0 Å². The molecule has 2 aliphatic carbocycles. The Hall–Kier alpha value is -1.62. The standard InChI is InChI=1S/C16H21FN2O2/c17-14-4-2-1-3-13(14)16(7-8-16)11-18-15(21)19(9-10-20)12-5-6-12/h1-4,12,20H,5-11H2,(H,18,21). The fraction of sp³-hybridized carbons (Fsp3) is 0.562. The first-order valence-electron chi connectivity index (χ1n) is 7.57. The Morgan fingerprint density at radius 1 is 1.38 bits per heavy atom. The number of urea groups is 1. The fourth-order valence-corrected chi connectivity index (χ4v) is 2.87. The molecule has 2 aliphatic rings. The van der Waals surface area contributed by atoms with Gasteiger partial charge in [-0.2, -0.15) is 0 Å². The SMILES string of the molecule is O=C(NCC1(c2ccccc2F)CC1)N(CCO)C1CC1. The normalized spacial score (nSPS) is 19.1. The molecule has 0 saturated heterocycles. The van der Waals surface area contributed by atoms with E-state index < -0.39 is 0 Å². The van der Waals surface area contributed by atoms with Crippen LogP contribution >= 0.6 is 0 Å². The van der Waals surface area contributed by atoms with Gasteiger partial charge >= 0.3 is 6.03 Å². The lowest BCUT2D eigenvalue weighted by atomic mass is 9.95. The first-order valence-corrected chi connectivity index (χ1v) is 7.57. The van der Waals surface area contributed by atoms with Crippen molar-refractivity contribution >= 4 is 6.03 Å². The minimum Gasteiger partial charge on any atom is -0.395 e. The molecule has 0 spiro atoms. The molecular formula is C16H21FN2O2. The number of carbonyl (C=O) groups excluding carboxylic acids is 1. The topological polar surface area (TPSA) is 52.6 Å². The van der Waals surface area contributed by atoms with Crippen molar-refractivity contribution in [3.63, 3.8) is 0 Å². The zero-order valence-electron chi connectivity index (χ0n) is 12.0. The van der Waals surface area contributed by atoms with Crippen molar-refractivity contribution < 1.29 is 14.3 Å². The predicted molar refractivity (Wildman–Crippen MR) is 77.5 cm³/mol. The van der Waals surface area contributed by atoms with Crippen LogP contribution < -0.4 is 5.32 Å². The van der Waals surface area contributed by atoms with Gasteiger partial charge in [0.2, 0.25) is 0 Å². The summed E-state index contributed by atoms with van der Waals surface area (Å²) < 4.78 is 13.9. The zero-order chi connectivity index (χ0) is 14.9. The van der Waals surface area contributed by atoms with Crippen LogP contribution in [0.2, 0.25) is 0 Å². The molecule has 114 valence electrons. The summed E-state index contributed by atoms with van der Waals surface area (Å²) in [5.74, 6) is -0.196. The molecule has 0 aliphatic heterocycles. The monoisotopic (exact) mass is 292 g/mol. The van der Waals surface area contributed by atoms with E-state index in [0.717, 1.165) is 25.7 Å². The number of amides is 2. The quantitative estimate of drug-likeness (QED) is 0.843. The highest BCUT2D eigenvalue weighted by Gasteiger charge is 2.46. The molecule has 0 bridgehead atoms. The number of rotatable bonds is 6. The van der Waals surface area contributed by atoms with Crippen LogP contribution in [0.3, 0.4) is 0 Å².